The fraction of sp³-hybridized carbons (Fsp3) is 0.350. The highest BCUT2D eigenvalue weighted by atomic mass is 32.1. The van der Waals surface area contributed by atoms with Crippen LogP contribution in [0.1, 0.15) is 35.6 Å². The lowest BCUT2D eigenvalue weighted by molar-refractivity contribution is -0.134. The van der Waals surface area contributed by atoms with Gasteiger partial charge in [-0.2, -0.15) is 11.3 Å². The van der Waals surface area contributed by atoms with Gasteiger partial charge in [-0.15, -0.1) is 0 Å². The van der Waals surface area contributed by atoms with Crippen molar-refractivity contribution in [2.24, 2.45) is 0 Å². The Bertz CT molecular complexity index is 676. The van der Waals surface area contributed by atoms with E-state index in [0.29, 0.717) is 6.04 Å². The van der Waals surface area contributed by atoms with Crippen molar-refractivity contribution in [1.82, 2.24) is 4.90 Å². The molecule has 1 aromatic heterocycles. The molecule has 1 aliphatic heterocycles. The summed E-state index contributed by atoms with van der Waals surface area (Å²) >= 11 is 1.77. The minimum atomic E-state index is -0.325. The van der Waals surface area contributed by atoms with Crippen LogP contribution in [-0.4, -0.2) is 31.1 Å². The van der Waals surface area contributed by atoms with Crippen LogP contribution in [0.2, 0.25) is 0 Å². The molecule has 1 atom stereocenters. The van der Waals surface area contributed by atoms with Gasteiger partial charge in [0.05, 0.1) is 7.11 Å². The molecular formula is C20H23NO2S. The van der Waals surface area contributed by atoms with Gasteiger partial charge in [-0.05, 0) is 65.4 Å². The van der Waals surface area contributed by atoms with Gasteiger partial charge in [-0.25, -0.2) is 4.79 Å². The van der Waals surface area contributed by atoms with Crippen LogP contribution in [0.3, 0.4) is 0 Å². The molecule has 0 N–H and O–H groups in total. The Morgan fingerprint density at radius 3 is 2.88 bits per heavy atom. The zero-order chi connectivity index (χ0) is 16.8. The van der Waals surface area contributed by atoms with Crippen molar-refractivity contribution in [1.29, 1.82) is 0 Å². The van der Waals surface area contributed by atoms with Crippen LogP contribution in [0.25, 0.3) is 6.08 Å². The third-order valence-corrected chi connectivity index (χ3v) is 5.30. The number of esters is 1. The molecule has 24 heavy (non-hydrogen) atoms. The summed E-state index contributed by atoms with van der Waals surface area (Å²) in [4.78, 5) is 13.8. The van der Waals surface area contributed by atoms with Crippen LogP contribution in [0, 0.1) is 0 Å². The highest BCUT2D eigenvalue weighted by molar-refractivity contribution is 7.07. The van der Waals surface area contributed by atoms with Gasteiger partial charge in [0.1, 0.15) is 0 Å². The zero-order valence-electron chi connectivity index (χ0n) is 14.0. The molecule has 3 nitrogen and oxygen atoms in total. The average molecular weight is 341 g/mol. The molecule has 1 fully saturated rings. The second-order valence-corrected chi connectivity index (χ2v) is 6.88. The van der Waals surface area contributed by atoms with Crippen molar-refractivity contribution in [2.75, 3.05) is 20.2 Å². The summed E-state index contributed by atoms with van der Waals surface area (Å²) in [6, 6.07) is 11.3. The minimum Gasteiger partial charge on any atom is -0.466 e. The second kappa shape index (κ2) is 8.27. The zero-order valence-corrected chi connectivity index (χ0v) is 14.8. The molecule has 1 saturated heterocycles. The van der Waals surface area contributed by atoms with Crippen LogP contribution < -0.4 is 0 Å². The van der Waals surface area contributed by atoms with Gasteiger partial charge in [0.25, 0.3) is 0 Å². The molecule has 0 unspecified atom stereocenters. The lowest BCUT2D eigenvalue weighted by Crippen LogP contribution is -2.25. The molecule has 0 spiro atoms. The minimum absolute atomic E-state index is 0.325. The molecule has 0 radical (unpaired) electrons. The van der Waals surface area contributed by atoms with Crippen molar-refractivity contribution in [3.63, 3.8) is 0 Å². The van der Waals surface area contributed by atoms with E-state index in [0.717, 1.165) is 18.5 Å². The van der Waals surface area contributed by atoms with E-state index in [2.05, 4.69) is 50.7 Å². The number of benzene rings is 1. The van der Waals surface area contributed by atoms with Gasteiger partial charge in [-0.3, -0.25) is 4.90 Å². The molecule has 1 aliphatic rings. The van der Waals surface area contributed by atoms with Gasteiger partial charge >= 0.3 is 5.97 Å². The number of carbonyl (C=O) groups is 1. The van der Waals surface area contributed by atoms with Crippen molar-refractivity contribution in [2.45, 2.75) is 25.3 Å². The van der Waals surface area contributed by atoms with Crippen LogP contribution >= 0.6 is 11.3 Å². The van der Waals surface area contributed by atoms with Crippen LogP contribution in [-0.2, 0) is 16.0 Å². The number of rotatable bonds is 6. The van der Waals surface area contributed by atoms with E-state index in [9.17, 15) is 4.79 Å². The van der Waals surface area contributed by atoms with Crippen molar-refractivity contribution in [3.05, 3.63) is 63.9 Å². The SMILES string of the molecule is COC(=O)/C=C/c1ccc([C@@H]2CCCN2CCc2ccsc2)cc1. The molecule has 0 aliphatic carbocycles. The molecule has 4 heteroatoms. The van der Waals surface area contributed by atoms with Crippen molar-refractivity contribution >= 4 is 23.4 Å². The van der Waals surface area contributed by atoms with Crippen molar-refractivity contribution in [3.8, 4) is 0 Å². The Kier molecular flexibility index (Phi) is 5.83. The molecule has 2 aromatic rings. The van der Waals surface area contributed by atoms with Gasteiger partial charge in [0.2, 0.25) is 0 Å². The monoisotopic (exact) mass is 341 g/mol. The maximum Gasteiger partial charge on any atom is 0.330 e. The Morgan fingerprint density at radius 1 is 1.33 bits per heavy atom. The first-order chi connectivity index (χ1) is 11.8. The number of hydrogen-bond donors (Lipinski definition) is 0. The van der Waals surface area contributed by atoms with Gasteiger partial charge in [-0.1, -0.05) is 24.3 Å². The smallest absolute Gasteiger partial charge is 0.330 e. The van der Waals surface area contributed by atoms with E-state index >= 15 is 0 Å². The summed E-state index contributed by atoms with van der Waals surface area (Å²) < 4.78 is 4.62. The van der Waals surface area contributed by atoms with Crippen LogP contribution in [0.15, 0.2) is 47.2 Å². The molecule has 0 bridgehead atoms. The number of hydrogen-bond acceptors (Lipinski definition) is 4. The normalized spacial score (nSPS) is 18.3. The molecule has 126 valence electrons. The number of nitrogens with zero attached hydrogens (tertiary/aromatic N) is 1. The Labute approximate surface area is 147 Å². The van der Waals surface area contributed by atoms with Gasteiger partial charge < -0.3 is 4.74 Å². The Hall–Kier alpha value is -1.91. The topological polar surface area (TPSA) is 29.5 Å². The highest BCUT2D eigenvalue weighted by Gasteiger charge is 2.25. The first kappa shape index (κ1) is 16.9. The number of ether oxygens (including phenoxy) is 1. The first-order valence-electron chi connectivity index (χ1n) is 8.37. The van der Waals surface area contributed by atoms with Crippen LogP contribution in [0.5, 0.6) is 0 Å². The van der Waals surface area contributed by atoms with E-state index in [1.54, 1.807) is 17.4 Å². The van der Waals surface area contributed by atoms with Gasteiger partial charge in [0, 0.05) is 18.7 Å². The molecular weight excluding hydrogens is 318 g/mol. The molecule has 1 aromatic carbocycles. The standard InChI is InChI=1S/C20H23NO2S/c1-23-20(22)9-6-16-4-7-18(8-5-16)19-3-2-12-21(19)13-10-17-11-14-24-15-17/h4-9,11,14-15,19H,2-3,10,12-13H2,1H3/b9-6+/t19-/m0/s1. The number of thiophene rings is 1. The Morgan fingerprint density at radius 2 is 2.17 bits per heavy atom. The fourth-order valence-electron chi connectivity index (χ4n) is 3.24. The second-order valence-electron chi connectivity index (χ2n) is 6.10. The summed E-state index contributed by atoms with van der Waals surface area (Å²) in [6.45, 7) is 2.30. The molecule has 0 saturated carbocycles. The summed E-state index contributed by atoms with van der Waals surface area (Å²) in [5.41, 5.74) is 3.83. The maximum absolute atomic E-state index is 11.2. The molecule has 2 heterocycles. The summed E-state index contributed by atoms with van der Waals surface area (Å²) in [5.74, 6) is -0.325. The van der Waals surface area contributed by atoms with E-state index in [1.165, 1.54) is 43.7 Å². The third kappa shape index (κ3) is 4.34. The molecule has 0 amide bonds. The van der Waals surface area contributed by atoms with E-state index < -0.39 is 0 Å². The molecule has 3 rings (SSSR count). The van der Waals surface area contributed by atoms with E-state index in [-0.39, 0.29) is 5.97 Å². The highest BCUT2D eigenvalue weighted by Crippen LogP contribution is 2.32. The third-order valence-electron chi connectivity index (χ3n) is 4.57. The van der Waals surface area contributed by atoms with Crippen molar-refractivity contribution < 1.29 is 9.53 Å². The first-order valence-corrected chi connectivity index (χ1v) is 9.31. The quantitative estimate of drug-likeness (QED) is 0.579. The largest absolute Gasteiger partial charge is 0.466 e. The maximum atomic E-state index is 11.2. The summed E-state index contributed by atoms with van der Waals surface area (Å²) in [5, 5.41) is 4.39. The van der Waals surface area contributed by atoms with Gasteiger partial charge in [0.15, 0.2) is 0 Å². The Balaban J connectivity index is 1.62. The number of carbonyl (C=O) groups excluding carboxylic acids is 1. The number of methoxy groups -OCH3 is 1. The lowest BCUT2D eigenvalue weighted by Gasteiger charge is -2.24. The van der Waals surface area contributed by atoms with E-state index in [4.69, 9.17) is 0 Å². The average Bonchev–Trinajstić information content (AvgIpc) is 3.29. The fourth-order valence-corrected chi connectivity index (χ4v) is 3.94. The lowest BCUT2D eigenvalue weighted by atomic mass is 10.0. The predicted octanol–water partition coefficient (Wildman–Crippen LogP) is 4.31. The predicted molar refractivity (Wildman–Crippen MR) is 99.1 cm³/mol. The summed E-state index contributed by atoms with van der Waals surface area (Å²) in [7, 11) is 1.39. The van der Waals surface area contributed by atoms with Crippen LogP contribution in [0.4, 0.5) is 0 Å². The van der Waals surface area contributed by atoms with E-state index in [1.807, 2.05) is 0 Å². The summed E-state index contributed by atoms with van der Waals surface area (Å²) in [6.07, 6.45) is 6.86. The number of likely N-dealkylation sites (tertiary alicyclic amines) is 1.